The van der Waals surface area contributed by atoms with Gasteiger partial charge in [-0.15, -0.1) is 0 Å². The molecule has 0 unspecified atom stereocenters. The zero-order valence-corrected chi connectivity index (χ0v) is 9.37. The van der Waals surface area contributed by atoms with Crippen LogP contribution in [0.5, 0.6) is 0 Å². The average Bonchev–Trinajstić information content (AvgIpc) is 2.00. The Bertz CT molecular complexity index is 366. The van der Waals surface area contributed by atoms with E-state index in [0.29, 0.717) is 5.56 Å². The smallest absolute Gasteiger partial charge is 0.244 e. The Hall–Kier alpha value is -0.770. The molecule has 0 spiro atoms. The van der Waals surface area contributed by atoms with E-state index < -0.39 is 16.9 Å². The lowest BCUT2D eigenvalue weighted by atomic mass is 9.87. The van der Waals surface area contributed by atoms with Gasteiger partial charge in [0.2, 0.25) is 0 Å². The summed E-state index contributed by atoms with van der Waals surface area (Å²) >= 11 is 5.40. The van der Waals surface area contributed by atoms with Gasteiger partial charge in [0.1, 0.15) is 5.15 Å². The fourth-order valence-electron chi connectivity index (χ4n) is 1.06. The Morgan fingerprint density at radius 1 is 1.20 bits per heavy atom. The van der Waals surface area contributed by atoms with Crippen LogP contribution in [0.25, 0.3) is 0 Å². The van der Waals surface area contributed by atoms with Crippen molar-refractivity contribution in [2.45, 2.75) is 32.4 Å². The van der Waals surface area contributed by atoms with Crippen LogP contribution in [-0.2, 0) is 11.6 Å². The van der Waals surface area contributed by atoms with E-state index in [9.17, 15) is 13.2 Å². The lowest BCUT2D eigenvalue weighted by Crippen LogP contribution is -2.15. The van der Waals surface area contributed by atoms with Gasteiger partial charge in [0.05, 0.1) is 5.56 Å². The second-order valence-corrected chi connectivity index (χ2v) is 4.67. The summed E-state index contributed by atoms with van der Waals surface area (Å²) in [6, 6.07) is 1.05. The summed E-state index contributed by atoms with van der Waals surface area (Å²) in [5, 5.41) is -0.504. The molecule has 0 fully saturated rings. The van der Waals surface area contributed by atoms with Gasteiger partial charge < -0.3 is 0 Å². The van der Waals surface area contributed by atoms with Gasteiger partial charge in [0, 0.05) is 6.20 Å². The molecule has 0 aliphatic rings. The first kappa shape index (κ1) is 12.3. The van der Waals surface area contributed by atoms with Crippen molar-refractivity contribution < 1.29 is 13.2 Å². The summed E-state index contributed by atoms with van der Waals surface area (Å²) in [6.07, 6.45) is -3.08. The fraction of sp³-hybridized carbons (Fsp3) is 0.500. The molecule has 0 atom stereocenters. The molecule has 1 rings (SSSR count). The van der Waals surface area contributed by atoms with E-state index in [4.69, 9.17) is 11.6 Å². The molecule has 0 N–H and O–H groups in total. The standard InChI is InChI=1S/C10H11ClF3N/c1-9(2,3)6-4-7(10(12,13)14)8(11)15-5-6/h4-5H,1-3H3. The minimum absolute atomic E-state index is 0.377. The highest BCUT2D eigenvalue weighted by Crippen LogP contribution is 2.35. The van der Waals surface area contributed by atoms with E-state index in [1.165, 1.54) is 6.20 Å². The van der Waals surface area contributed by atoms with Gasteiger partial charge in [-0.2, -0.15) is 13.2 Å². The van der Waals surface area contributed by atoms with Gasteiger partial charge in [-0.1, -0.05) is 32.4 Å². The maximum Gasteiger partial charge on any atom is 0.419 e. The zero-order chi connectivity index (χ0) is 11.9. The normalized spacial score (nSPS) is 13.0. The molecule has 0 saturated carbocycles. The quantitative estimate of drug-likeness (QED) is 0.621. The van der Waals surface area contributed by atoms with Crippen LogP contribution in [-0.4, -0.2) is 4.98 Å². The first-order valence-electron chi connectivity index (χ1n) is 4.35. The molecule has 15 heavy (non-hydrogen) atoms. The second-order valence-electron chi connectivity index (χ2n) is 4.31. The lowest BCUT2D eigenvalue weighted by Gasteiger charge is -2.20. The number of rotatable bonds is 0. The van der Waals surface area contributed by atoms with Crippen molar-refractivity contribution in [3.63, 3.8) is 0 Å². The van der Waals surface area contributed by atoms with Crippen molar-refractivity contribution in [2.75, 3.05) is 0 Å². The molecular weight excluding hydrogens is 227 g/mol. The molecule has 1 heterocycles. The van der Waals surface area contributed by atoms with Crippen molar-refractivity contribution in [3.05, 3.63) is 28.5 Å². The molecule has 0 aliphatic carbocycles. The minimum atomic E-state index is -4.45. The fourth-order valence-corrected chi connectivity index (χ4v) is 1.27. The van der Waals surface area contributed by atoms with Gasteiger partial charge in [-0.05, 0) is 17.0 Å². The Morgan fingerprint density at radius 3 is 2.13 bits per heavy atom. The van der Waals surface area contributed by atoms with Gasteiger partial charge in [0.25, 0.3) is 0 Å². The highest BCUT2D eigenvalue weighted by atomic mass is 35.5. The molecule has 0 radical (unpaired) electrons. The van der Waals surface area contributed by atoms with Crippen molar-refractivity contribution >= 4 is 11.6 Å². The molecule has 0 saturated heterocycles. The molecule has 1 nitrogen and oxygen atoms in total. The van der Waals surface area contributed by atoms with E-state index in [2.05, 4.69) is 4.98 Å². The maximum absolute atomic E-state index is 12.5. The molecule has 0 bridgehead atoms. The van der Waals surface area contributed by atoms with Gasteiger partial charge in [-0.25, -0.2) is 4.98 Å². The van der Waals surface area contributed by atoms with Crippen LogP contribution in [0.4, 0.5) is 13.2 Å². The summed E-state index contributed by atoms with van der Waals surface area (Å²) in [5.74, 6) is 0. The molecule has 1 aromatic heterocycles. The SMILES string of the molecule is CC(C)(C)c1cnc(Cl)c(C(F)(F)F)c1. The third kappa shape index (κ3) is 2.84. The molecular formula is C10H11ClF3N. The average molecular weight is 238 g/mol. The Morgan fingerprint density at radius 2 is 1.73 bits per heavy atom. The summed E-state index contributed by atoms with van der Waals surface area (Å²) in [5.41, 5.74) is -0.742. The summed E-state index contributed by atoms with van der Waals surface area (Å²) in [7, 11) is 0. The van der Waals surface area contributed by atoms with Gasteiger partial charge >= 0.3 is 6.18 Å². The van der Waals surface area contributed by atoms with Crippen LogP contribution in [0, 0.1) is 0 Å². The summed E-state index contributed by atoms with van der Waals surface area (Å²) in [4.78, 5) is 3.56. The van der Waals surface area contributed by atoms with E-state index in [0.717, 1.165) is 6.07 Å². The highest BCUT2D eigenvalue weighted by molar-refractivity contribution is 6.30. The predicted molar refractivity (Wildman–Crippen MR) is 52.9 cm³/mol. The first-order chi connectivity index (χ1) is 6.62. The lowest BCUT2D eigenvalue weighted by molar-refractivity contribution is -0.137. The van der Waals surface area contributed by atoms with Crippen molar-refractivity contribution in [1.82, 2.24) is 4.98 Å². The van der Waals surface area contributed by atoms with Crippen LogP contribution in [0.2, 0.25) is 5.15 Å². The van der Waals surface area contributed by atoms with Crippen LogP contribution in [0.1, 0.15) is 31.9 Å². The zero-order valence-electron chi connectivity index (χ0n) is 8.61. The number of halogens is 4. The number of aromatic nitrogens is 1. The van der Waals surface area contributed by atoms with E-state index in [1.807, 2.05) is 20.8 Å². The van der Waals surface area contributed by atoms with Crippen molar-refractivity contribution in [1.29, 1.82) is 0 Å². The Balaban J connectivity index is 3.30. The molecule has 84 valence electrons. The van der Waals surface area contributed by atoms with Crippen molar-refractivity contribution in [2.24, 2.45) is 0 Å². The number of pyridine rings is 1. The van der Waals surface area contributed by atoms with Crippen LogP contribution in [0.3, 0.4) is 0 Å². The van der Waals surface area contributed by atoms with E-state index >= 15 is 0 Å². The molecule has 0 aromatic carbocycles. The maximum atomic E-state index is 12.5. The third-order valence-electron chi connectivity index (χ3n) is 2.01. The third-order valence-corrected chi connectivity index (χ3v) is 2.31. The predicted octanol–water partition coefficient (Wildman–Crippen LogP) is 4.05. The van der Waals surface area contributed by atoms with Crippen LogP contribution >= 0.6 is 11.6 Å². The van der Waals surface area contributed by atoms with E-state index in [-0.39, 0.29) is 5.41 Å². The minimum Gasteiger partial charge on any atom is -0.244 e. The van der Waals surface area contributed by atoms with E-state index in [1.54, 1.807) is 0 Å². The highest BCUT2D eigenvalue weighted by Gasteiger charge is 2.35. The largest absolute Gasteiger partial charge is 0.419 e. The first-order valence-corrected chi connectivity index (χ1v) is 4.73. The second kappa shape index (κ2) is 3.67. The number of hydrogen-bond acceptors (Lipinski definition) is 1. The van der Waals surface area contributed by atoms with Crippen LogP contribution in [0.15, 0.2) is 12.3 Å². The van der Waals surface area contributed by atoms with Gasteiger partial charge in [0.15, 0.2) is 0 Å². The molecule has 0 aliphatic heterocycles. The summed E-state index contributed by atoms with van der Waals surface area (Å²) < 4.78 is 37.5. The molecule has 1 aromatic rings. The number of nitrogens with zero attached hydrogens (tertiary/aromatic N) is 1. The van der Waals surface area contributed by atoms with Gasteiger partial charge in [-0.3, -0.25) is 0 Å². The topological polar surface area (TPSA) is 12.9 Å². The Labute approximate surface area is 91.3 Å². The number of alkyl halides is 3. The van der Waals surface area contributed by atoms with Crippen molar-refractivity contribution in [3.8, 4) is 0 Å². The summed E-state index contributed by atoms with van der Waals surface area (Å²) in [6.45, 7) is 5.45. The monoisotopic (exact) mass is 237 g/mol. The molecule has 5 heteroatoms. The van der Waals surface area contributed by atoms with Crippen LogP contribution < -0.4 is 0 Å². The number of hydrogen-bond donors (Lipinski definition) is 0. The molecule has 0 amide bonds. The Kier molecular flexibility index (Phi) is 3.01.